The van der Waals surface area contributed by atoms with E-state index in [0.717, 1.165) is 26.2 Å². The Morgan fingerprint density at radius 1 is 1.41 bits per heavy atom. The van der Waals surface area contributed by atoms with Crippen LogP contribution >= 0.6 is 11.8 Å². The summed E-state index contributed by atoms with van der Waals surface area (Å²) in [5.41, 5.74) is 0.503. The zero-order chi connectivity index (χ0) is 12.7. The highest BCUT2D eigenvalue weighted by Gasteiger charge is 2.27. The maximum absolute atomic E-state index is 5.07. The van der Waals surface area contributed by atoms with Crippen LogP contribution in [0.4, 0.5) is 0 Å². The van der Waals surface area contributed by atoms with Crippen molar-refractivity contribution in [3.8, 4) is 0 Å². The average Bonchev–Trinajstić information content (AvgIpc) is 2.25. The number of nitrogens with one attached hydrogen (secondary N) is 1. The molecule has 1 heterocycles. The molecule has 0 radical (unpaired) electrons. The van der Waals surface area contributed by atoms with Crippen molar-refractivity contribution in [3.05, 3.63) is 0 Å². The largest absolute Gasteiger partial charge is 0.383 e. The number of thioether (sulfide) groups is 1. The molecule has 1 aliphatic heterocycles. The van der Waals surface area contributed by atoms with E-state index in [1.54, 1.807) is 7.11 Å². The van der Waals surface area contributed by atoms with Crippen LogP contribution in [0.3, 0.4) is 0 Å². The molecule has 1 N–H and O–H groups in total. The number of hydrogen-bond donors (Lipinski definition) is 1. The molecule has 1 rings (SSSR count). The predicted octanol–water partition coefficient (Wildman–Crippen LogP) is 1.69. The lowest BCUT2D eigenvalue weighted by Gasteiger charge is -2.35. The zero-order valence-corrected chi connectivity index (χ0v) is 12.6. The summed E-state index contributed by atoms with van der Waals surface area (Å²) >= 11 is 2.09. The van der Waals surface area contributed by atoms with E-state index in [-0.39, 0.29) is 0 Å². The second-order valence-corrected chi connectivity index (χ2v) is 6.86. The zero-order valence-electron chi connectivity index (χ0n) is 11.8. The molecule has 0 aromatic heterocycles. The van der Waals surface area contributed by atoms with Gasteiger partial charge in [0.1, 0.15) is 0 Å². The maximum Gasteiger partial charge on any atom is 0.0589 e. The quantitative estimate of drug-likeness (QED) is 0.753. The van der Waals surface area contributed by atoms with Gasteiger partial charge in [0.25, 0.3) is 0 Å². The normalized spacial score (nSPS) is 24.2. The highest BCUT2D eigenvalue weighted by Crippen LogP contribution is 2.33. The number of likely N-dealkylation sites (N-methyl/N-ethyl adjacent to an activating group) is 1. The van der Waals surface area contributed by atoms with Gasteiger partial charge in [0.15, 0.2) is 0 Å². The average molecular weight is 260 g/mol. The van der Waals surface area contributed by atoms with E-state index in [0.29, 0.717) is 11.5 Å². The van der Waals surface area contributed by atoms with Crippen LogP contribution in [-0.4, -0.2) is 62.8 Å². The molecule has 3 nitrogen and oxygen atoms in total. The summed E-state index contributed by atoms with van der Waals surface area (Å²) in [7, 11) is 3.91. The Morgan fingerprint density at radius 3 is 2.82 bits per heavy atom. The van der Waals surface area contributed by atoms with Gasteiger partial charge >= 0.3 is 0 Å². The molecule has 1 fully saturated rings. The third-order valence-corrected chi connectivity index (χ3v) is 4.84. The molecule has 0 aromatic rings. The van der Waals surface area contributed by atoms with E-state index >= 15 is 0 Å². The molecule has 1 atom stereocenters. The van der Waals surface area contributed by atoms with Gasteiger partial charge in [-0.25, -0.2) is 0 Å². The number of hydrogen-bond acceptors (Lipinski definition) is 4. The van der Waals surface area contributed by atoms with Crippen molar-refractivity contribution in [1.29, 1.82) is 0 Å². The van der Waals surface area contributed by atoms with Gasteiger partial charge in [0.05, 0.1) is 6.61 Å². The van der Waals surface area contributed by atoms with E-state index in [1.165, 1.54) is 17.9 Å². The molecule has 0 aliphatic carbocycles. The minimum atomic E-state index is 0.503. The van der Waals surface area contributed by atoms with Gasteiger partial charge < -0.3 is 15.0 Å². The summed E-state index contributed by atoms with van der Waals surface area (Å²) in [5.74, 6) is 2.57. The summed E-state index contributed by atoms with van der Waals surface area (Å²) < 4.78 is 5.07. The van der Waals surface area contributed by atoms with E-state index in [9.17, 15) is 0 Å². The maximum atomic E-state index is 5.07. The van der Waals surface area contributed by atoms with Crippen LogP contribution in [-0.2, 0) is 4.74 Å². The molecule has 17 heavy (non-hydrogen) atoms. The number of rotatable bonds is 7. The predicted molar refractivity (Wildman–Crippen MR) is 76.9 cm³/mol. The monoisotopic (exact) mass is 260 g/mol. The fourth-order valence-corrected chi connectivity index (χ4v) is 3.52. The molecule has 0 spiro atoms. The fraction of sp³-hybridized carbons (Fsp3) is 1.00. The second-order valence-electron chi connectivity index (χ2n) is 5.83. The molecule has 102 valence electrons. The van der Waals surface area contributed by atoms with Crippen LogP contribution in [0.5, 0.6) is 0 Å². The van der Waals surface area contributed by atoms with Gasteiger partial charge in [-0.1, -0.05) is 13.8 Å². The van der Waals surface area contributed by atoms with Crippen LogP contribution in [0.15, 0.2) is 0 Å². The van der Waals surface area contributed by atoms with Crippen LogP contribution in [0.2, 0.25) is 0 Å². The molecular formula is C13H28N2OS. The summed E-state index contributed by atoms with van der Waals surface area (Å²) in [6, 6.07) is 0.694. The summed E-state index contributed by atoms with van der Waals surface area (Å²) in [6.07, 6.45) is 1.31. The first-order chi connectivity index (χ1) is 8.03. The van der Waals surface area contributed by atoms with E-state index < -0.39 is 0 Å². The molecular weight excluding hydrogens is 232 g/mol. The smallest absolute Gasteiger partial charge is 0.0589 e. The molecule has 0 saturated carbocycles. The van der Waals surface area contributed by atoms with Gasteiger partial charge in [-0.2, -0.15) is 11.8 Å². The first kappa shape index (κ1) is 15.3. The van der Waals surface area contributed by atoms with Crippen molar-refractivity contribution in [1.82, 2.24) is 10.2 Å². The molecule has 4 heteroatoms. The SMILES string of the molecule is COCCN(C)CCNC1CSCC(C)(C)C1. The molecule has 1 unspecified atom stereocenters. The Balaban J connectivity index is 2.09. The van der Waals surface area contributed by atoms with Crippen LogP contribution < -0.4 is 5.32 Å². The van der Waals surface area contributed by atoms with Crippen molar-refractivity contribution in [2.75, 3.05) is 51.9 Å². The third-order valence-electron chi connectivity index (χ3n) is 3.21. The standard InChI is InChI=1S/C13H28N2OS/c1-13(2)9-12(10-17-11-13)14-5-6-15(3)7-8-16-4/h12,14H,5-11H2,1-4H3. The van der Waals surface area contributed by atoms with Crippen LogP contribution in [0.25, 0.3) is 0 Å². The molecule has 0 amide bonds. The van der Waals surface area contributed by atoms with Gasteiger partial charge in [-0.05, 0) is 24.6 Å². The number of nitrogens with zero attached hydrogens (tertiary/aromatic N) is 1. The van der Waals surface area contributed by atoms with Gasteiger partial charge in [0.2, 0.25) is 0 Å². The Labute approximate surface area is 111 Å². The first-order valence-corrected chi connectivity index (χ1v) is 7.67. The molecule has 0 bridgehead atoms. The molecule has 1 saturated heterocycles. The highest BCUT2D eigenvalue weighted by molar-refractivity contribution is 7.99. The van der Waals surface area contributed by atoms with Crippen molar-refractivity contribution < 1.29 is 4.74 Å². The third kappa shape index (κ3) is 6.65. The van der Waals surface area contributed by atoms with Crippen molar-refractivity contribution in [2.45, 2.75) is 26.3 Å². The minimum Gasteiger partial charge on any atom is -0.383 e. The summed E-state index contributed by atoms with van der Waals surface area (Å²) in [5, 5.41) is 3.68. The minimum absolute atomic E-state index is 0.503. The summed E-state index contributed by atoms with van der Waals surface area (Å²) in [4.78, 5) is 2.32. The lowest BCUT2D eigenvalue weighted by molar-refractivity contribution is 0.160. The molecule has 1 aliphatic rings. The van der Waals surface area contributed by atoms with E-state index in [2.05, 4.69) is 42.9 Å². The lowest BCUT2D eigenvalue weighted by atomic mass is 9.88. The first-order valence-electron chi connectivity index (χ1n) is 6.52. The van der Waals surface area contributed by atoms with E-state index in [1.807, 2.05) is 0 Å². The Hall–Kier alpha value is 0.230. The van der Waals surface area contributed by atoms with Crippen molar-refractivity contribution in [3.63, 3.8) is 0 Å². The van der Waals surface area contributed by atoms with Crippen LogP contribution in [0, 0.1) is 5.41 Å². The van der Waals surface area contributed by atoms with Gasteiger partial charge in [-0.15, -0.1) is 0 Å². The van der Waals surface area contributed by atoms with Crippen LogP contribution in [0.1, 0.15) is 20.3 Å². The van der Waals surface area contributed by atoms with Crippen molar-refractivity contribution in [2.24, 2.45) is 5.41 Å². The highest BCUT2D eigenvalue weighted by atomic mass is 32.2. The Bertz CT molecular complexity index is 212. The second kappa shape index (κ2) is 7.62. The van der Waals surface area contributed by atoms with E-state index in [4.69, 9.17) is 4.74 Å². The topological polar surface area (TPSA) is 24.5 Å². The number of methoxy groups -OCH3 is 1. The van der Waals surface area contributed by atoms with Gasteiger partial charge in [-0.3, -0.25) is 0 Å². The van der Waals surface area contributed by atoms with Gasteiger partial charge in [0, 0.05) is 38.5 Å². The fourth-order valence-electron chi connectivity index (χ4n) is 2.21. The Morgan fingerprint density at radius 2 is 2.18 bits per heavy atom. The number of ether oxygens (including phenoxy) is 1. The summed E-state index contributed by atoms with van der Waals surface area (Å²) in [6.45, 7) is 8.77. The Kier molecular flexibility index (Phi) is 6.85. The molecule has 0 aromatic carbocycles. The lowest BCUT2D eigenvalue weighted by Crippen LogP contribution is -2.43. The van der Waals surface area contributed by atoms with Crippen molar-refractivity contribution >= 4 is 11.8 Å².